The van der Waals surface area contributed by atoms with Gasteiger partial charge < -0.3 is 16.2 Å². The second-order valence-electron chi connectivity index (χ2n) is 5.72. The Bertz CT molecular complexity index is 474. The lowest BCUT2D eigenvalue weighted by Crippen LogP contribution is -2.31. The van der Waals surface area contributed by atoms with Gasteiger partial charge in [-0.2, -0.15) is 0 Å². The lowest BCUT2D eigenvalue weighted by atomic mass is 9.80. The monoisotopic (exact) mass is 276 g/mol. The van der Waals surface area contributed by atoms with Crippen molar-refractivity contribution in [1.29, 1.82) is 0 Å². The predicted octanol–water partition coefficient (Wildman–Crippen LogP) is 2.24. The lowest BCUT2D eigenvalue weighted by Gasteiger charge is -2.30. The van der Waals surface area contributed by atoms with Crippen LogP contribution in [0.4, 0.5) is 0 Å². The first-order valence-electron chi connectivity index (χ1n) is 7.35. The molecular formula is C16H24N2O2. The maximum atomic E-state index is 11.4. The summed E-state index contributed by atoms with van der Waals surface area (Å²) in [5, 5.41) is 0. The molecule has 0 aliphatic heterocycles. The van der Waals surface area contributed by atoms with Crippen LogP contribution in [0.15, 0.2) is 18.2 Å². The summed E-state index contributed by atoms with van der Waals surface area (Å²) in [6, 6.07) is 5.48. The highest BCUT2D eigenvalue weighted by atomic mass is 16.5. The molecule has 1 aliphatic carbocycles. The van der Waals surface area contributed by atoms with E-state index in [0.717, 1.165) is 12.0 Å². The van der Waals surface area contributed by atoms with Crippen molar-refractivity contribution in [1.82, 2.24) is 0 Å². The molecule has 1 saturated carbocycles. The first-order chi connectivity index (χ1) is 9.61. The van der Waals surface area contributed by atoms with E-state index in [1.165, 1.54) is 19.3 Å². The fourth-order valence-electron chi connectivity index (χ4n) is 2.96. The summed E-state index contributed by atoms with van der Waals surface area (Å²) in [4.78, 5) is 11.4. The van der Waals surface area contributed by atoms with Gasteiger partial charge in [-0.05, 0) is 55.8 Å². The van der Waals surface area contributed by atoms with E-state index in [0.29, 0.717) is 36.3 Å². The summed E-state index contributed by atoms with van der Waals surface area (Å²) in [5.41, 5.74) is 12.7. The largest absolute Gasteiger partial charge is 0.492 e. The Morgan fingerprint density at radius 2 is 2.00 bits per heavy atom. The molecule has 0 saturated heterocycles. The molecule has 1 aromatic carbocycles. The van der Waals surface area contributed by atoms with E-state index in [9.17, 15) is 4.79 Å². The van der Waals surface area contributed by atoms with Crippen LogP contribution in [0, 0.1) is 18.8 Å². The topological polar surface area (TPSA) is 78.3 Å². The molecule has 20 heavy (non-hydrogen) atoms. The normalized spacial score (nSPS) is 22.5. The number of primary amides is 1. The molecule has 0 spiro atoms. The highest BCUT2D eigenvalue weighted by Crippen LogP contribution is 2.30. The Hall–Kier alpha value is -1.55. The fraction of sp³-hybridized carbons (Fsp3) is 0.562. The Balaban J connectivity index is 2.06. The number of aryl methyl sites for hydroxylation is 1. The number of rotatable bonds is 5. The number of amides is 1. The lowest BCUT2D eigenvalue weighted by molar-refractivity contribution is 0.0991. The number of carbonyl (C=O) groups is 1. The Morgan fingerprint density at radius 1 is 1.30 bits per heavy atom. The molecule has 2 unspecified atom stereocenters. The molecule has 0 radical (unpaired) electrons. The van der Waals surface area contributed by atoms with Gasteiger partial charge in [0.25, 0.3) is 5.91 Å². The molecule has 4 nitrogen and oxygen atoms in total. The third-order valence-corrected chi connectivity index (χ3v) is 4.22. The zero-order chi connectivity index (χ0) is 14.5. The van der Waals surface area contributed by atoms with Crippen LogP contribution in [0.3, 0.4) is 0 Å². The molecule has 0 heterocycles. The minimum absolute atomic E-state index is 0.445. The molecule has 110 valence electrons. The average Bonchev–Trinajstić information content (AvgIpc) is 2.45. The maximum absolute atomic E-state index is 11.4. The molecule has 1 fully saturated rings. The van der Waals surface area contributed by atoms with E-state index in [4.69, 9.17) is 16.2 Å². The number of benzene rings is 1. The van der Waals surface area contributed by atoms with Gasteiger partial charge in [0.15, 0.2) is 0 Å². The van der Waals surface area contributed by atoms with Crippen molar-refractivity contribution in [3.05, 3.63) is 29.3 Å². The van der Waals surface area contributed by atoms with Gasteiger partial charge in [-0.3, -0.25) is 4.79 Å². The summed E-state index contributed by atoms with van der Waals surface area (Å²) in [7, 11) is 0. The first-order valence-corrected chi connectivity index (χ1v) is 7.35. The van der Waals surface area contributed by atoms with E-state index in [1.807, 2.05) is 19.1 Å². The van der Waals surface area contributed by atoms with E-state index in [1.54, 1.807) is 6.07 Å². The quantitative estimate of drug-likeness (QED) is 0.865. The summed E-state index contributed by atoms with van der Waals surface area (Å²) in [6.45, 7) is 3.30. The van der Waals surface area contributed by atoms with Crippen molar-refractivity contribution >= 4 is 5.91 Å². The van der Waals surface area contributed by atoms with Crippen molar-refractivity contribution < 1.29 is 9.53 Å². The summed E-state index contributed by atoms with van der Waals surface area (Å²) >= 11 is 0. The van der Waals surface area contributed by atoms with Gasteiger partial charge in [0.1, 0.15) is 5.75 Å². The second-order valence-corrected chi connectivity index (χ2v) is 5.72. The first kappa shape index (κ1) is 14.9. The van der Waals surface area contributed by atoms with Crippen molar-refractivity contribution in [2.75, 3.05) is 13.2 Å². The molecular weight excluding hydrogens is 252 g/mol. The van der Waals surface area contributed by atoms with Crippen LogP contribution in [0.25, 0.3) is 0 Å². The van der Waals surface area contributed by atoms with Gasteiger partial charge in [-0.25, -0.2) is 0 Å². The van der Waals surface area contributed by atoms with Crippen molar-refractivity contribution in [2.45, 2.75) is 32.6 Å². The third-order valence-electron chi connectivity index (χ3n) is 4.22. The molecule has 1 amide bonds. The number of nitrogens with two attached hydrogens (primary N) is 2. The molecule has 0 bridgehead atoms. The van der Waals surface area contributed by atoms with E-state index in [-0.39, 0.29) is 0 Å². The SMILES string of the molecule is Cc1ccc(C(N)=O)c(OCC2CCCCC2CN)c1. The number of hydrogen-bond donors (Lipinski definition) is 2. The molecule has 1 aliphatic rings. The maximum Gasteiger partial charge on any atom is 0.252 e. The van der Waals surface area contributed by atoms with E-state index < -0.39 is 5.91 Å². The fourth-order valence-corrected chi connectivity index (χ4v) is 2.96. The van der Waals surface area contributed by atoms with Crippen molar-refractivity contribution in [3.8, 4) is 5.75 Å². The zero-order valence-corrected chi connectivity index (χ0v) is 12.1. The highest BCUT2D eigenvalue weighted by Gasteiger charge is 2.25. The summed E-state index contributed by atoms with van der Waals surface area (Å²) < 4.78 is 5.89. The highest BCUT2D eigenvalue weighted by molar-refractivity contribution is 5.95. The molecule has 1 aromatic rings. The minimum Gasteiger partial charge on any atom is -0.492 e. The third kappa shape index (κ3) is 3.51. The van der Waals surface area contributed by atoms with Gasteiger partial charge >= 0.3 is 0 Å². The van der Waals surface area contributed by atoms with Crippen LogP contribution in [0.1, 0.15) is 41.6 Å². The van der Waals surface area contributed by atoms with Crippen LogP contribution in [-0.4, -0.2) is 19.1 Å². The van der Waals surface area contributed by atoms with Crippen LogP contribution in [0.5, 0.6) is 5.75 Å². The van der Waals surface area contributed by atoms with Crippen molar-refractivity contribution in [2.24, 2.45) is 23.3 Å². The minimum atomic E-state index is -0.445. The van der Waals surface area contributed by atoms with Gasteiger partial charge in [0, 0.05) is 0 Å². The molecule has 2 rings (SSSR count). The molecule has 0 aromatic heterocycles. The number of carbonyl (C=O) groups excluding carboxylic acids is 1. The van der Waals surface area contributed by atoms with Crippen LogP contribution < -0.4 is 16.2 Å². The van der Waals surface area contributed by atoms with Crippen molar-refractivity contribution in [3.63, 3.8) is 0 Å². The summed E-state index contributed by atoms with van der Waals surface area (Å²) in [5.74, 6) is 1.17. The molecule has 4 heteroatoms. The number of hydrogen-bond acceptors (Lipinski definition) is 3. The van der Waals surface area contributed by atoms with Crippen LogP contribution in [-0.2, 0) is 0 Å². The molecule has 2 atom stereocenters. The Labute approximate surface area is 120 Å². The Morgan fingerprint density at radius 3 is 2.65 bits per heavy atom. The van der Waals surface area contributed by atoms with E-state index in [2.05, 4.69) is 0 Å². The van der Waals surface area contributed by atoms with Crippen LogP contribution >= 0.6 is 0 Å². The molecule has 4 N–H and O–H groups in total. The Kier molecular flexibility index (Phi) is 5.01. The zero-order valence-electron chi connectivity index (χ0n) is 12.1. The van der Waals surface area contributed by atoms with Gasteiger partial charge in [0.05, 0.1) is 12.2 Å². The van der Waals surface area contributed by atoms with Gasteiger partial charge in [0.2, 0.25) is 0 Å². The van der Waals surface area contributed by atoms with E-state index >= 15 is 0 Å². The smallest absolute Gasteiger partial charge is 0.252 e. The van der Waals surface area contributed by atoms with Crippen LogP contribution in [0.2, 0.25) is 0 Å². The average molecular weight is 276 g/mol. The summed E-state index contributed by atoms with van der Waals surface area (Å²) in [6.07, 6.45) is 4.83. The van der Waals surface area contributed by atoms with Gasteiger partial charge in [-0.1, -0.05) is 18.9 Å². The standard InChI is InChI=1S/C16H24N2O2/c1-11-6-7-14(16(18)19)15(8-11)20-10-13-5-3-2-4-12(13)9-17/h6-8,12-13H,2-5,9-10,17H2,1H3,(H2,18,19). The van der Waals surface area contributed by atoms with Gasteiger partial charge in [-0.15, -0.1) is 0 Å². The predicted molar refractivity (Wildman–Crippen MR) is 79.7 cm³/mol. The number of ether oxygens (including phenoxy) is 1. The second kappa shape index (κ2) is 6.75.